The maximum absolute atomic E-state index is 11.1. The number of halogens is 1. The van der Waals surface area contributed by atoms with Crippen LogP contribution in [0.15, 0.2) is 6.33 Å². The highest BCUT2D eigenvalue weighted by molar-refractivity contribution is 7.85. The molecule has 0 unspecified atom stereocenters. The van der Waals surface area contributed by atoms with Crippen LogP contribution < -0.4 is 4.74 Å². The van der Waals surface area contributed by atoms with Crippen molar-refractivity contribution in [2.45, 2.75) is 6.54 Å². The zero-order valence-corrected chi connectivity index (χ0v) is 11.6. The summed E-state index contributed by atoms with van der Waals surface area (Å²) >= 11 is 5.70. The molecule has 2 heterocycles. The first-order chi connectivity index (χ1) is 9.61. The second-order valence-corrected chi connectivity index (χ2v) is 5.39. The first kappa shape index (κ1) is 11.4. The summed E-state index contributed by atoms with van der Waals surface area (Å²) in [5, 5.41) is -0.0694. The molecule has 0 spiro atoms. The maximum atomic E-state index is 11.1. The van der Waals surface area contributed by atoms with Crippen LogP contribution in [0.3, 0.4) is 0 Å². The number of rotatable bonds is 5. The number of fused-ring (bicyclic) bond motifs is 1. The first-order valence-corrected chi connectivity index (χ1v) is 7.14. The molecule has 0 aromatic carbocycles. The standard InChI is InChI=1S/C9H11ClN4O4S/c1-17-8-6-7(12-9(10)13-8)11-5-14(6)3-4-18-19(2,15)16/h5H,3-4H2,1-2H3/i4D2. The molecule has 0 radical (unpaired) electrons. The fraction of sp³-hybridized carbons (Fsp3) is 0.444. The van der Waals surface area contributed by atoms with Gasteiger partial charge in [0.15, 0.2) is 11.2 Å². The second kappa shape index (κ2) is 5.27. The Kier molecular flexibility index (Phi) is 3.16. The van der Waals surface area contributed by atoms with Crippen molar-refractivity contribution in [2.75, 3.05) is 19.9 Å². The van der Waals surface area contributed by atoms with Crippen molar-refractivity contribution in [1.29, 1.82) is 0 Å². The Balaban J connectivity index is 2.44. The molecule has 0 aliphatic heterocycles. The lowest BCUT2D eigenvalue weighted by Gasteiger charge is -2.06. The molecule has 0 N–H and O–H groups in total. The van der Waals surface area contributed by atoms with E-state index in [-0.39, 0.29) is 22.3 Å². The third-order valence-corrected chi connectivity index (χ3v) is 2.64. The lowest BCUT2D eigenvalue weighted by molar-refractivity contribution is 0.305. The van der Waals surface area contributed by atoms with Crippen molar-refractivity contribution in [3.05, 3.63) is 11.6 Å². The quantitative estimate of drug-likeness (QED) is 0.585. The van der Waals surface area contributed by atoms with E-state index < -0.39 is 23.2 Å². The molecule has 0 atom stereocenters. The van der Waals surface area contributed by atoms with Gasteiger partial charge >= 0.3 is 0 Å². The minimum absolute atomic E-state index is 0.0694. The van der Waals surface area contributed by atoms with Gasteiger partial charge in [0.25, 0.3) is 10.1 Å². The highest BCUT2D eigenvalue weighted by atomic mass is 35.5. The van der Waals surface area contributed by atoms with E-state index in [1.807, 2.05) is 0 Å². The molecule has 2 aromatic heterocycles. The van der Waals surface area contributed by atoms with Crippen LogP contribution in [0.4, 0.5) is 0 Å². The van der Waals surface area contributed by atoms with Crippen LogP contribution in [-0.2, 0) is 20.8 Å². The van der Waals surface area contributed by atoms with Gasteiger partial charge in [-0.15, -0.1) is 0 Å². The third-order valence-electron chi connectivity index (χ3n) is 2.05. The zero-order chi connectivity index (χ0) is 15.8. The molecular weight excluding hydrogens is 296 g/mol. The van der Waals surface area contributed by atoms with Gasteiger partial charge in [0.2, 0.25) is 11.2 Å². The molecule has 0 saturated carbocycles. The van der Waals surface area contributed by atoms with Crippen molar-refractivity contribution in [3.8, 4) is 5.88 Å². The summed E-state index contributed by atoms with van der Waals surface area (Å²) in [4.78, 5) is 11.7. The molecule has 0 aliphatic rings. The lowest BCUT2D eigenvalue weighted by atomic mass is 10.5. The van der Waals surface area contributed by atoms with Gasteiger partial charge in [-0.1, -0.05) is 0 Å². The summed E-state index contributed by atoms with van der Waals surface area (Å²) in [5.74, 6) is 0.0951. The summed E-state index contributed by atoms with van der Waals surface area (Å²) in [6, 6.07) is 0. The van der Waals surface area contributed by atoms with E-state index in [9.17, 15) is 8.42 Å². The number of hydrogen-bond donors (Lipinski definition) is 0. The fourth-order valence-corrected chi connectivity index (χ4v) is 1.81. The molecule has 2 aromatic rings. The van der Waals surface area contributed by atoms with E-state index in [0.29, 0.717) is 0 Å². The molecule has 104 valence electrons. The van der Waals surface area contributed by atoms with Crippen LogP contribution in [0.5, 0.6) is 5.88 Å². The van der Waals surface area contributed by atoms with E-state index in [0.717, 1.165) is 6.26 Å². The summed E-state index contributed by atoms with van der Waals surface area (Å²) in [7, 11) is -2.59. The SMILES string of the molecule is [2H]C([2H])(Cn1cnc2nc(Cl)nc(OC)c21)OS(C)(=O)=O. The topological polar surface area (TPSA) is 96.2 Å². The van der Waals surface area contributed by atoms with Crippen LogP contribution in [0.2, 0.25) is 5.28 Å². The highest BCUT2D eigenvalue weighted by Crippen LogP contribution is 2.22. The van der Waals surface area contributed by atoms with Gasteiger partial charge in [-0.3, -0.25) is 4.18 Å². The third kappa shape index (κ3) is 3.31. The Labute approximate surface area is 117 Å². The molecule has 0 saturated heterocycles. The van der Waals surface area contributed by atoms with Crippen LogP contribution >= 0.6 is 11.6 Å². The van der Waals surface area contributed by atoms with Gasteiger partial charge in [0.1, 0.15) is 0 Å². The molecule has 0 aliphatic carbocycles. The van der Waals surface area contributed by atoms with Gasteiger partial charge in [-0.25, -0.2) is 4.98 Å². The molecule has 10 heteroatoms. The van der Waals surface area contributed by atoms with Gasteiger partial charge in [-0.2, -0.15) is 18.4 Å². The van der Waals surface area contributed by atoms with Gasteiger partial charge in [-0.05, 0) is 11.6 Å². The summed E-state index contributed by atoms with van der Waals surface area (Å²) in [5.41, 5.74) is 0.477. The van der Waals surface area contributed by atoms with Crippen molar-refractivity contribution in [1.82, 2.24) is 19.5 Å². The average molecular weight is 309 g/mol. The van der Waals surface area contributed by atoms with Crippen molar-refractivity contribution in [2.24, 2.45) is 0 Å². The van der Waals surface area contributed by atoms with Crippen LogP contribution in [0.25, 0.3) is 11.2 Å². The van der Waals surface area contributed by atoms with Crippen molar-refractivity contribution >= 4 is 32.9 Å². The van der Waals surface area contributed by atoms with E-state index in [2.05, 4.69) is 19.1 Å². The van der Waals surface area contributed by atoms with Crippen LogP contribution in [-0.4, -0.2) is 47.9 Å². The van der Waals surface area contributed by atoms with Crippen LogP contribution in [0, 0.1) is 0 Å². The van der Waals surface area contributed by atoms with Crippen molar-refractivity contribution in [3.63, 3.8) is 0 Å². The fourth-order valence-electron chi connectivity index (χ4n) is 1.39. The number of aromatic nitrogens is 4. The number of methoxy groups -OCH3 is 1. The molecule has 0 amide bonds. The van der Waals surface area contributed by atoms with Gasteiger partial charge in [0, 0.05) is 6.54 Å². The zero-order valence-electron chi connectivity index (χ0n) is 12.0. The smallest absolute Gasteiger partial charge is 0.264 e. The molecule has 2 rings (SSSR count). The Morgan fingerprint density at radius 2 is 2.26 bits per heavy atom. The summed E-state index contributed by atoms with van der Waals surface area (Å²) in [6.45, 7) is -2.91. The van der Waals surface area contributed by atoms with E-state index in [1.165, 1.54) is 18.0 Å². The Hall–Kier alpha value is -1.45. The lowest BCUT2D eigenvalue weighted by Crippen LogP contribution is -2.10. The monoisotopic (exact) mass is 308 g/mol. The largest absolute Gasteiger partial charge is 0.479 e. The van der Waals surface area contributed by atoms with Gasteiger partial charge in [0.05, 0.1) is 29.0 Å². The first-order valence-electron chi connectivity index (χ1n) is 5.94. The predicted octanol–water partition coefficient (Wildman–Crippen LogP) is 0.464. The van der Waals surface area contributed by atoms with Gasteiger partial charge < -0.3 is 9.30 Å². The number of imidazole rings is 1. The minimum Gasteiger partial charge on any atom is -0.479 e. The van der Waals surface area contributed by atoms with Crippen molar-refractivity contribution < 1.29 is 20.1 Å². The Bertz CT molecular complexity index is 779. The number of ether oxygens (including phenoxy) is 1. The maximum Gasteiger partial charge on any atom is 0.264 e. The molecule has 0 bridgehead atoms. The molecule has 8 nitrogen and oxygen atoms in total. The van der Waals surface area contributed by atoms with E-state index >= 15 is 0 Å². The van der Waals surface area contributed by atoms with Crippen LogP contribution in [0.1, 0.15) is 2.74 Å². The second-order valence-electron chi connectivity index (χ2n) is 3.48. The highest BCUT2D eigenvalue weighted by Gasteiger charge is 2.13. The summed E-state index contributed by atoms with van der Waals surface area (Å²) in [6.07, 6.45) is 2.03. The Morgan fingerprint density at radius 1 is 1.53 bits per heavy atom. The number of nitrogens with zero attached hydrogens (tertiary/aromatic N) is 4. The van der Waals surface area contributed by atoms with E-state index in [4.69, 9.17) is 19.1 Å². The summed E-state index contributed by atoms with van der Waals surface area (Å²) < 4.78 is 48.1. The minimum atomic E-state index is -3.95. The number of aryl methyl sites for hydroxylation is 1. The molecular formula is C9H11ClN4O4S. The molecule has 19 heavy (non-hydrogen) atoms. The Morgan fingerprint density at radius 3 is 2.89 bits per heavy atom. The molecule has 0 fully saturated rings. The van der Waals surface area contributed by atoms with E-state index in [1.54, 1.807) is 0 Å². The normalized spacial score (nSPS) is 14.3. The average Bonchev–Trinajstić information content (AvgIpc) is 2.67. The number of hydrogen-bond acceptors (Lipinski definition) is 7. The predicted molar refractivity (Wildman–Crippen MR) is 67.7 cm³/mol.